The molecule has 1 N–H and O–H groups in total. The van der Waals surface area contributed by atoms with Crippen molar-refractivity contribution in [1.29, 1.82) is 0 Å². The van der Waals surface area contributed by atoms with E-state index in [1.54, 1.807) is 6.07 Å². The zero-order valence-corrected chi connectivity index (χ0v) is 11.4. The van der Waals surface area contributed by atoms with Crippen LogP contribution in [-0.4, -0.2) is 13.2 Å². The van der Waals surface area contributed by atoms with Crippen LogP contribution in [0.25, 0.3) is 0 Å². The Labute approximate surface area is 121 Å². The molecule has 0 unspecified atom stereocenters. The first-order chi connectivity index (χ1) is 10.1. The molecule has 2 aromatic rings. The van der Waals surface area contributed by atoms with Gasteiger partial charge in [0.2, 0.25) is 0 Å². The number of benzene rings is 2. The molecule has 0 radical (unpaired) electrons. The second-order valence-corrected chi connectivity index (χ2v) is 4.54. The highest BCUT2D eigenvalue weighted by Crippen LogP contribution is 2.29. The van der Waals surface area contributed by atoms with Gasteiger partial charge in [-0.2, -0.15) is 13.2 Å². The van der Waals surface area contributed by atoms with Crippen molar-refractivity contribution in [2.24, 2.45) is 0 Å². The molecule has 5 heteroatoms. The summed E-state index contributed by atoms with van der Waals surface area (Å²) in [6, 6.07) is 14.7. The van der Waals surface area contributed by atoms with E-state index in [0.717, 1.165) is 17.9 Å². The van der Waals surface area contributed by atoms with E-state index in [4.69, 9.17) is 4.74 Å². The molecule has 2 nitrogen and oxygen atoms in total. The molecule has 0 saturated carbocycles. The number of hydrogen-bond acceptors (Lipinski definition) is 2. The third-order valence-corrected chi connectivity index (χ3v) is 2.87. The number of halogens is 3. The Morgan fingerprint density at radius 3 is 2.43 bits per heavy atom. The van der Waals surface area contributed by atoms with Gasteiger partial charge in [-0.25, -0.2) is 0 Å². The SMILES string of the molecule is FC(F)(F)c1cccc(CNCCOc2ccccc2)c1. The normalized spacial score (nSPS) is 11.4. The van der Waals surface area contributed by atoms with Crippen molar-refractivity contribution in [3.05, 3.63) is 65.7 Å². The molecule has 2 aromatic carbocycles. The van der Waals surface area contributed by atoms with Crippen LogP contribution in [0.1, 0.15) is 11.1 Å². The van der Waals surface area contributed by atoms with E-state index < -0.39 is 11.7 Å². The Kier molecular flexibility index (Phi) is 5.22. The molecular formula is C16H16F3NO. The van der Waals surface area contributed by atoms with Crippen molar-refractivity contribution in [3.8, 4) is 5.75 Å². The zero-order chi connectivity index (χ0) is 15.1. The minimum atomic E-state index is -4.30. The summed E-state index contributed by atoms with van der Waals surface area (Å²) in [7, 11) is 0. The summed E-state index contributed by atoms with van der Waals surface area (Å²) in [5, 5.41) is 3.06. The minimum absolute atomic E-state index is 0.377. The van der Waals surface area contributed by atoms with Gasteiger partial charge in [0.25, 0.3) is 0 Å². The van der Waals surface area contributed by atoms with Crippen molar-refractivity contribution >= 4 is 0 Å². The minimum Gasteiger partial charge on any atom is -0.492 e. The average molecular weight is 295 g/mol. The first-order valence-corrected chi connectivity index (χ1v) is 6.60. The molecular weight excluding hydrogens is 279 g/mol. The van der Waals surface area contributed by atoms with Crippen molar-refractivity contribution in [2.75, 3.05) is 13.2 Å². The maximum Gasteiger partial charge on any atom is 0.416 e. The lowest BCUT2D eigenvalue weighted by Crippen LogP contribution is -2.20. The first kappa shape index (κ1) is 15.4. The second-order valence-electron chi connectivity index (χ2n) is 4.54. The van der Waals surface area contributed by atoms with Crippen molar-refractivity contribution < 1.29 is 17.9 Å². The van der Waals surface area contributed by atoms with Crippen LogP contribution in [0, 0.1) is 0 Å². The van der Waals surface area contributed by atoms with E-state index in [2.05, 4.69) is 5.32 Å². The van der Waals surface area contributed by atoms with Crippen LogP contribution in [0.5, 0.6) is 5.75 Å². The molecule has 0 fully saturated rings. The van der Waals surface area contributed by atoms with E-state index >= 15 is 0 Å². The van der Waals surface area contributed by atoms with Crippen LogP contribution in [0.15, 0.2) is 54.6 Å². The van der Waals surface area contributed by atoms with Gasteiger partial charge in [-0.05, 0) is 23.8 Å². The van der Waals surface area contributed by atoms with Crippen LogP contribution in [-0.2, 0) is 12.7 Å². The van der Waals surface area contributed by atoms with E-state index in [1.807, 2.05) is 30.3 Å². The summed E-state index contributed by atoms with van der Waals surface area (Å²) in [6.45, 7) is 1.40. The number of alkyl halides is 3. The molecule has 0 aliphatic heterocycles. The Morgan fingerprint density at radius 1 is 0.952 bits per heavy atom. The zero-order valence-electron chi connectivity index (χ0n) is 11.4. The van der Waals surface area contributed by atoms with Crippen LogP contribution in [0.2, 0.25) is 0 Å². The predicted molar refractivity (Wildman–Crippen MR) is 75.1 cm³/mol. The summed E-state index contributed by atoms with van der Waals surface area (Å²) < 4.78 is 43.2. The molecule has 0 aliphatic carbocycles. The highest BCUT2D eigenvalue weighted by Gasteiger charge is 2.30. The summed E-state index contributed by atoms with van der Waals surface area (Å²) in [4.78, 5) is 0. The average Bonchev–Trinajstić information content (AvgIpc) is 2.47. The van der Waals surface area contributed by atoms with Crippen LogP contribution in [0.4, 0.5) is 13.2 Å². The summed E-state index contributed by atoms with van der Waals surface area (Å²) >= 11 is 0. The first-order valence-electron chi connectivity index (χ1n) is 6.60. The van der Waals surface area contributed by atoms with Crippen molar-refractivity contribution in [1.82, 2.24) is 5.32 Å². The third-order valence-electron chi connectivity index (χ3n) is 2.87. The molecule has 0 spiro atoms. The monoisotopic (exact) mass is 295 g/mol. The highest BCUT2D eigenvalue weighted by atomic mass is 19.4. The smallest absolute Gasteiger partial charge is 0.416 e. The Bertz CT molecular complexity index is 555. The molecule has 112 valence electrons. The fourth-order valence-corrected chi connectivity index (χ4v) is 1.85. The van der Waals surface area contributed by atoms with Gasteiger partial charge in [0.05, 0.1) is 5.56 Å². The van der Waals surface area contributed by atoms with E-state index in [9.17, 15) is 13.2 Å². The Morgan fingerprint density at radius 2 is 1.71 bits per heavy atom. The van der Waals surface area contributed by atoms with Crippen LogP contribution >= 0.6 is 0 Å². The quantitative estimate of drug-likeness (QED) is 0.817. The summed E-state index contributed by atoms with van der Waals surface area (Å²) in [6.07, 6.45) is -4.30. The fraction of sp³-hybridized carbons (Fsp3) is 0.250. The molecule has 0 atom stereocenters. The number of para-hydroxylation sites is 1. The van der Waals surface area contributed by atoms with Gasteiger partial charge in [0.15, 0.2) is 0 Å². The third kappa shape index (κ3) is 5.11. The molecule has 21 heavy (non-hydrogen) atoms. The lowest BCUT2D eigenvalue weighted by atomic mass is 10.1. The number of nitrogens with one attached hydrogen (secondary N) is 1. The topological polar surface area (TPSA) is 21.3 Å². The van der Waals surface area contributed by atoms with E-state index in [-0.39, 0.29) is 0 Å². The fourth-order valence-electron chi connectivity index (χ4n) is 1.85. The van der Waals surface area contributed by atoms with Crippen LogP contribution in [0.3, 0.4) is 0 Å². The van der Waals surface area contributed by atoms with Gasteiger partial charge in [-0.3, -0.25) is 0 Å². The molecule has 0 bridgehead atoms. The molecule has 0 heterocycles. The molecule has 0 aliphatic rings. The Hall–Kier alpha value is -2.01. The highest BCUT2D eigenvalue weighted by molar-refractivity contribution is 5.25. The summed E-state index contributed by atoms with van der Waals surface area (Å²) in [5.41, 5.74) is -0.0214. The maximum absolute atomic E-state index is 12.6. The van der Waals surface area contributed by atoms with Gasteiger partial charge < -0.3 is 10.1 Å². The summed E-state index contributed by atoms with van der Waals surface area (Å²) in [5.74, 6) is 0.776. The Balaban J connectivity index is 1.74. The predicted octanol–water partition coefficient (Wildman–Crippen LogP) is 3.87. The van der Waals surface area contributed by atoms with Crippen LogP contribution < -0.4 is 10.1 Å². The van der Waals surface area contributed by atoms with Crippen molar-refractivity contribution in [3.63, 3.8) is 0 Å². The maximum atomic E-state index is 12.6. The van der Waals surface area contributed by atoms with E-state index in [0.29, 0.717) is 25.3 Å². The number of ether oxygens (including phenoxy) is 1. The van der Waals surface area contributed by atoms with Gasteiger partial charge in [0, 0.05) is 13.1 Å². The van der Waals surface area contributed by atoms with Crippen molar-refractivity contribution in [2.45, 2.75) is 12.7 Å². The lowest BCUT2D eigenvalue weighted by Gasteiger charge is -2.10. The molecule has 0 aromatic heterocycles. The largest absolute Gasteiger partial charge is 0.492 e. The van der Waals surface area contributed by atoms with Gasteiger partial charge >= 0.3 is 6.18 Å². The van der Waals surface area contributed by atoms with E-state index in [1.165, 1.54) is 6.07 Å². The van der Waals surface area contributed by atoms with Gasteiger partial charge in [-0.15, -0.1) is 0 Å². The van der Waals surface area contributed by atoms with Gasteiger partial charge in [0.1, 0.15) is 12.4 Å². The van der Waals surface area contributed by atoms with Gasteiger partial charge in [-0.1, -0.05) is 36.4 Å². The lowest BCUT2D eigenvalue weighted by molar-refractivity contribution is -0.137. The standard InChI is InChI=1S/C16H16F3NO/c17-16(18,19)14-6-4-5-13(11-14)12-20-9-10-21-15-7-2-1-3-8-15/h1-8,11,20H,9-10,12H2. The molecule has 0 saturated heterocycles. The molecule has 2 rings (SSSR count). The number of rotatable bonds is 6. The second kappa shape index (κ2) is 7.13. The molecule has 0 amide bonds. The number of hydrogen-bond donors (Lipinski definition) is 1.